The van der Waals surface area contributed by atoms with Crippen molar-refractivity contribution in [3.63, 3.8) is 0 Å². The average Bonchev–Trinajstić information content (AvgIpc) is 3.58. The maximum atomic E-state index is 13.0. The first-order valence-corrected chi connectivity index (χ1v) is 11.2. The van der Waals surface area contributed by atoms with Crippen molar-refractivity contribution in [3.05, 3.63) is 58.6 Å². The molecule has 2 atom stereocenters. The van der Waals surface area contributed by atoms with Crippen molar-refractivity contribution in [1.29, 1.82) is 0 Å². The summed E-state index contributed by atoms with van der Waals surface area (Å²) in [4.78, 5) is 22.9. The topological polar surface area (TPSA) is 128 Å². The Hall–Kier alpha value is -3.02. The summed E-state index contributed by atoms with van der Waals surface area (Å²) in [6, 6.07) is 12.1. The Labute approximate surface area is 179 Å². The molecule has 2 aromatic rings. The zero-order valence-electron chi connectivity index (χ0n) is 16.5. The van der Waals surface area contributed by atoms with Gasteiger partial charge in [0.15, 0.2) is 5.75 Å². The first-order valence-electron chi connectivity index (χ1n) is 9.75. The van der Waals surface area contributed by atoms with Gasteiger partial charge >= 0.3 is 0 Å². The lowest BCUT2D eigenvalue weighted by atomic mass is 10.2. The molecule has 1 heterocycles. The number of ether oxygens (including phenoxy) is 2. The number of amides is 1. The van der Waals surface area contributed by atoms with Gasteiger partial charge in [0.2, 0.25) is 22.0 Å². The van der Waals surface area contributed by atoms with Crippen molar-refractivity contribution >= 4 is 21.6 Å². The molecule has 0 aromatic heterocycles. The Bertz CT molecular complexity index is 1090. The molecule has 1 aliphatic carbocycles. The van der Waals surface area contributed by atoms with Crippen LogP contribution in [0.25, 0.3) is 0 Å². The Morgan fingerprint density at radius 2 is 1.87 bits per heavy atom. The van der Waals surface area contributed by atoms with Gasteiger partial charge in [0.25, 0.3) is 0 Å². The minimum atomic E-state index is -3.80. The number of hydrogen-bond acceptors (Lipinski definition) is 7. The number of benzene rings is 2. The summed E-state index contributed by atoms with van der Waals surface area (Å²) >= 11 is 0. The van der Waals surface area contributed by atoms with E-state index in [0.717, 1.165) is 0 Å². The molecule has 1 N–H and O–H groups in total. The maximum Gasteiger partial charge on any atom is 0.243 e. The van der Waals surface area contributed by atoms with E-state index in [4.69, 9.17) is 9.47 Å². The van der Waals surface area contributed by atoms with Gasteiger partial charge in [0.1, 0.15) is 11.7 Å². The molecular formula is C20H21N3O7S. The van der Waals surface area contributed by atoms with E-state index in [2.05, 4.69) is 5.32 Å². The molecule has 2 aromatic carbocycles. The molecule has 1 aliphatic heterocycles. The maximum absolute atomic E-state index is 13.0. The van der Waals surface area contributed by atoms with Crippen molar-refractivity contribution in [2.75, 3.05) is 31.6 Å². The highest BCUT2D eigenvalue weighted by Gasteiger charge is 2.53. The van der Waals surface area contributed by atoms with Crippen molar-refractivity contribution in [1.82, 2.24) is 4.31 Å². The van der Waals surface area contributed by atoms with Gasteiger partial charge < -0.3 is 14.8 Å². The molecule has 1 saturated carbocycles. The van der Waals surface area contributed by atoms with E-state index in [1.807, 2.05) is 6.07 Å². The summed E-state index contributed by atoms with van der Waals surface area (Å²) in [6.07, 6.45) is 0.152. The molecule has 0 bridgehead atoms. The summed E-state index contributed by atoms with van der Waals surface area (Å²) in [5.41, 5.74) is 0.136. The van der Waals surface area contributed by atoms with Crippen LogP contribution >= 0.6 is 0 Å². The summed E-state index contributed by atoms with van der Waals surface area (Å²) in [7, 11) is -3.80. The number of nitrogens with zero attached hydrogens (tertiary/aromatic N) is 2. The number of morpholine rings is 1. The van der Waals surface area contributed by atoms with Gasteiger partial charge in [-0.2, -0.15) is 4.31 Å². The van der Waals surface area contributed by atoms with E-state index in [9.17, 15) is 23.3 Å². The number of carbonyl (C=O) groups excluding carboxylic acids is 1. The molecule has 0 spiro atoms. The average molecular weight is 447 g/mol. The van der Waals surface area contributed by atoms with Crippen LogP contribution in [-0.4, -0.2) is 55.9 Å². The van der Waals surface area contributed by atoms with Crippen molar-refractivity contribution < 1.29 is 27.6 Å². The predicted molar refractivity (Wildman–Crippen MR) is 110 cm³/mol. The number of nitro groups is 1. The second-order valence-corrected chi connectivity index (χ2v) is 9.21. The molecule has 0 radical (unpaired) electrons. The molecule has 1 amide bonds. The lowest BCUT2D eigenvalue weighted by Crippen LogP contribution is -2.40. The number of nitrogens with one attached hydrogen (secondary N) is 1. The first-order chi connectivity index (χ1) is 14.9. The van der Waals surface area contributed by atoms with Gasteiger partial charge in [-0.05, 0) is 30.3 Å². The van der Waals surface area contributed by atoms with Crippen LogP contribution in [0, 0.1) is 16.0 Å². The highest BCUT2D eigenvalue weighted by molar-refractivity contribution is 7.89. The minimum Gasteiger partial charge on any atom is -0.455 e. The van der Waals surface area contributed by atoms with Crippen LogP contribution in [-0.2, 0) is 19.6 Å². The third-order valence-corrected chi connectivity index (χ3v) is 7.05. The third-order valence-electron chi connectivity index (χ3n) is 5.15. The van der Waals surface area contributed by atoms with Gasteiger partial charge in [-0.25, -0.2) is 8.42 Å². The van der Waals surface area contributed by atoms with Gasteiger partial charge in [0, 0.05) is 24.4 Å². The Morgan fingerprint density at radius 3 is 2.52 bits per heavy atom. The number of rotatable bonds is 7. The van der Waals surface area contributed by atoms with Crippen molar-refractivity contribution in [3.8, 4) is 11.5 Å². The zero-order valence-corrected chi connectivity index (χ0v) is 17.3. The number of anilines is 1. The molecule has 31 heavy (non-hydrogen) atoms. The van der Waals surface area contributed by atoms with Crippen LogP contribution in [0.2, 0.25) is 0 Å². The molecule has 2 aliphatic rings. The van der Waals surface area contributed by atoms with E-state index in [1.54, 1.807) is 24.3 Å². The minimum absolute atomic E-state index is 0.00765. The van der Waals surface area contributed by atoms with Crippen LogP contribution < -0.4 is 10.1 Å². The molecule has 11 heteroatoms. The Balaban J connectivity index is 1.63. The molecule has 10 nitrogen and oxygen atoms in total. The number of para-hydroxylation sites is 1. The summed E-state index contributed by atoms with van der Waals surface area (Å²) in [6.45, 7) is 1.09. The lowest BCUT2D eigenvalue weighted by molar-refractivity contribution is -0.497. The molecular weight excluding hydrogens is 426 g/mol. The monoisotopic (exact) mass is 447 g/mol. The fourth-order valence-electron chi connectivity index (χ4n) is 3.33. The number of sulfonamides is 1. The van der Waals surface area contributed by atoms with E-state index < -0.39 is 32.8 Å². The van der Waals surface area contributed by atoms with Crippen molar-refractivity contribution in [2.45, 2.75) is 17.4 Å². The van der Waals surface area contributed by atoms with Crippen LogP contribution in [0.5, 0.6) is 11.5 Å². The van der Waals surface area contributed by atoms with Crippen LogP contribution in [0.15, 0.2) is 53.4 Å². The molecule has 4 rings (SSSR count). The van der Waals surface area contributed by atoms with Gasteiger partial charge in [-0.15, -0.1) is 0 Å². The van der Waals surface area contributed by atoms with Crippen LogP contribution in [0.3, 0.4) is 0 Å². The standard InChI is InChI=1S/C20H21N3O7S/c24-20(16-13-18(16)23(25)26)21-17-12-15(31(27,28)22-8-10-29-11-9-22)6-7-19(17)30-14-4-2-1-3-5-14/h1-7,12,16,18H,8-11,13H2,(H,21,24)/t16-,18-/m1/s1. The lowest BCUT2D eigenvalue weighted by Gasteiger charge is -2.26. The Kier molecular flexibility index (Phi) is 5.90. The van der Waals surface area contributed by atoms with E-state index in [0.29, 0.717) is 19.0 Å². The molecule has 0 unspecified atom stereocenters. The fourth-order valence-corrected chi connectivity index (χ4v) is 4.76. The third kappa shape index (κ3) is 4.68. The van der Waals surface area contributed by atoms with Gasteiger partial charge in [-0.1, -0.05) is 18.2 Å². The second kappa shape index (κ2) is 8.61. The predicted octanol–water partition coefficient (Wildman–Crippen LogP) is 2.10. The quantitative estimate of drug-likeness (QED) is 0.508. The van der Waals surface area contributed by atoms with Crippen LogP contribution in [0.1, 0.15) is 6.42 Å². The van der Waals surface area contributed by atoms with E-state index in [1.165, 1.54) is 22.5 Å². The normalized spacial score (nSPS) is 21.3. The molecule has 2 fully saturated rings. The van der Waals surface area contributed by atoms with E-state index in [-0.39, 0.29) is 35.8 Å². The second-order valence-electron chi connectivity index (χ2n) is 7.27. The highest BCUT2D eigenvalue weighted by Crippen LogP contribution is 2.37. The Morgan fingerprint density at radius 1 is 1.16 bits per heavy atom. The summed E-state index contributed by atoms with van der Waals surface area (Å²) < 4.78 is 38.4. The molecule has 164 valence electrons. The largest absolute Gasteiger partial charge is 0.455 e. The molecule has 1 saturated heterocycles. The summed E-state index contributed by atoms with van der Waals surface area (Å²) in [5.74, 6) is -0.560. The van der Waals surface area contributed by atoms with Gasteiger partial charge in [0.05, 0.1) is 23.8 Å². The SMILES string of the molecule is O=C(Nc1cc(S(=O)(=O)N2CCOCC2)ccc1Oc1ccccc1)[C@@H]1C[C@H]1[N+](=O)[O-]. The van der Waals surface area contributed by atoms with Crippen LogP contribution in [0.4, 0.5) is 5.69 Å². The van der Waals surface area contributed by atoms with Crippen molar-refractivity contribution in [2.24, 2.45) is 5.92 Å². The smallest absolute Gasteiger partial charge is 0.243 e. The number of carbonyl (C=O) groups is 1. The fraction of sp³-hybridized carbons (Fsp3) is 0.350. The zero-order chi connectivity index (χ0) is 22.0. The number of hydrogen-bond donors (Lipinski definition) is 1. The van der Waals surface area contributed by atoms with Gasteiger partial charge in [-0.3, -0.25) is 14.9 Å². The first kappa shape index (κ1) is 21.2. The summed E-state index contributed by atoms with van der Waals surface area (Å²) in [5, 5.41) is 13.5. The van der Waals surface area contributed by atoms with E-state index >= 15 is 0 Å². The highest BCUT2D eigenvalue weighted by atomic mass is 32.2.